The zero-order valence-corrected chi connectivity index (χ0v) is 51.8. The van der Waals surface area contributed by atoms with E-state index < -0.39 is 102 Å². The van der Waals surface area contributed by atoms with Gasteiger partial charge in [-0.05, 0) is 79.4 Å². The van der Waals surface area contributed by atoms with E-state index in [1.807, 2.05) is 24.3 Å². The van der Waals surface area contributed by atoms with Gasteiger partial charge in [0.05, 0.1) is 17.8 Å². The number of aromatic nitrogens is 2. The second-order valence-corrected chi connectivity index (χ2v) is 21.2. The second-order valence-electron chi connectivity index (χ2n) is 20.3. The number of hydrogen-bond acceptors (Lipinski definition) is 18. The Balaban J connectivity index is 0.00000133. The first-order chi connectivity index (χ1) is 43.7. The van der Waals surface area contributed by atoms with Gasteiger partial charge in [0.2, 0.25) is 28.7 Å². The average molecular weight is 1400 g/mol. The van der Waals surface area contributed by atoms with E-state index in [1.54, 1.807) is 49.6 Å². The molecule has 0 radical (unpaired) electrons. The number of nitrogens with two attached hydrogens (primary N) is 3. The first-order valence-electron chi connectivity index (χ1n) is 27.0. The van der Waals surface area contributed by atoms with Crippen LogP contribution < -0.4 is 47.9 Å². The number of carboxylic acids is 4. The molecule has 39 heteroatoms. The normalized spacial score (nSPS) is 15.1. The molecule has 1 aliphatic heterocycles. The van der Waals surface area contributed by atoms with Gasteiger partial charge in [0.25, 0.3) is 5.91 Å². The van der Waals surface area contributed by atoms with E-state index in [4.69, 9.17) is 66.3 Å². The predicted octanol–water partition coefficient (Wildman–Crippen LogP) is 4.82. The molecule has 14 N–H and O–H groups in total. The Bertz CT molecular complexity index is 3240. The minimum atomic E-state index is -5.08. The number of rotatable bonds is 16. The number of ether oxygens (including phenoxy) is 2. The summed E-state index contributed by atoms with van der Waals surface area (Å²) in [4.78, 5) is 129. The number of halogens is 12. The monoisotopic (exact) mass is 1390 g/mol. The van der Waals surface area contributed by atoms with Crippen LogP contribution in [0.2, 0.25) is 0 Å². The van der Waals surface area contributed by atoms with Crippen molar-refractivity contribution in [2.45, 2.75) is 102 Å². The van der Waals surface area contributed by atoms with Crippen LogP contribution in [0.25, 0.3) is 22.5 Å². The average Bonchev–Trinajstić information content (AvgIpc) is 0.785. The highest BCUT2D eigenvalue weighted by Crippen LogP contribution is 2.40. The van der Waals surface area contributed by atoms with Crippen LogP contribution in [-0.4, -0.2) is 189 Å². The molecule has 0 saturated heterocycles. The van der Waals surface area contributed by atoms with Gasteiger partial charge in [0.1, 0.15) is 48.9 Å². The molecule has 0 fully saturated rings. The minimum absolute atomic E-state index is 0.00206. The quantitative estimate of drug-likeness (QED) is 0.0669. The third-order valence-electron chi connectivity index (χ3n) is 12.1. The maximum atomic E-state index is 14.7. The zero-order chi connectivity index (χ0) is 73.3. The van der Waals surface area contributed by atoms with Gasteiger partial charge < -0.3 is 73.3 Å². The Hall–Kier alpha value is -9.37. The van der Waals surface area contributed by atoms with Gasteiger partial charge in [-0.2, -0.15) is 52.7 Å². The van der Waals surface area contributed by atoms with Gasteiger partial charge in [0.15, 0.2) is 5.82 Å². The van der Waals surface area contributed by atoms with Crippen molar-refractivity contribution in [1.29, 1.82) is 0 Å². The van der Waals surface area contributed by atoms with Crippen molar-refractivity contribution in [1.82, 2.24) is 36.1 Å². The summed E-state index contributed by atoms with van der Waals surface area (Å²) in [5.41, 5.74) is 22.0. The molecule has 4 aromatic rings. The maximum absolute atomic E-state index is 14.7. The molecular weight excluding hydrogens is 1330 g/mol. The number of carboxylic acid groups (broad SMARTS) is 4. The molecule has 0 unspecified atom stereocenters. The van der Waals surface area contributed by atoms with Gasteiger partial charge in [-0.1, -0.05) is 68.9 Å². The van der Waals surface area contributed by atoms with Gasteiger partial charge >= 0.3 is 48.6 Å². The third-order valence-corrected chi connectivity index (χ3v) is 12.7. The highest BCUT2D eigenvalue weighted by atomic mass is 32.2. The minimum Gasteiger partial charge on any atom is -0.492 e. The van der Waals surface area contributed by atoms with Crippen molar-refractivity contribution in [3.05, 3.63) is 94.8 Å². The Morgan fingerprint density at radius 1 is 0.695 bits per heavy atom. The van der Waals surface area contributed by atoms with Crippen molar-refractivity contribution < 1.29 is 131 Å². The summed E-state index contributed by atoms with van der Waals surface area (Å²) in [7, 11) is 1.41. The van der Waals surface area contributed by atoms with Crippen LogP contribution in [0.5, 0.6) is 11.5 Å². The van der Waals surface area contributed by atoms with Crippen molar-refractivity contribution >= 4 is 70.3 Å². The number of benzene rings is 3. The van der Waals surface area contributed by atoms with E-state index in [-0.39, 0.29) is 68.3 Å². The van der Waals surface area contributed by atoms with Gasteiger partial charge in [-0.3, -0.25) is 28.8 Å². The standard InChI is InChI=1S/C48H62N10O8S.4C2HF3O2/c1-27-35(25-52-42(54-27)30-9-12-32(13-10-30)48(3,4)5)44(61)56-36(16-17-49)47(64)58(6)41-31-11-15-39(66-21-19-51)34(24-31)33-22-29(8-14-38(33)65-20-18-50)23-37(45(62)53-26-40(59)67-7)57-43(60)28(2)55-46(41)63;4*3-2(4,5)1(6)7/h8-15,22,24-25,28,36-37,41H,16-21,23,26,49-51H2,1-7H3,(H,53,62)(H,55,63)(H,56,61)(H,57,60);4*(H,6,7)/t28-,36-,37-,41-;;;;/m0..../s1. The molecule has 26 nitrogen and oxygen atoms in total. The molecule has 3 aromatic carbocycles. The number of amides is 5. The fourth-order valence-electron chi connectivity index (χ4n) is 7.42. The topological polar surface area (TPSA) is 425 Å². The van der Waals surface area contributed by atoms with Crippen molar-refractivity contribution in [2.24, 2.45) is 17.2 Å². The summed E-state index contributed by atoms with van der Waals surface area (Å²) < 4.78 is 139. The lowest BCUT2D eigenvalue weighted by Gasteiger charge is -2.32. The van der Waals surface area contributed by atoms with Gasteiger partial charge in [0, 0.05) is 49.4 Å². The predicted molar refractivity (Wildman–Crippen MR) is 312 cm³/mol. The van der Waals surface area contributed by atoms with E-state index >= 15 is 0 Å². The molecule has 4 bridgehead atoms. The highest BCUT2D eigenvalue weighted by Gasteiger charge is 2.41. The van der Waals surface area contributed by atoms with Crippen LogP contribution >= 0.6 is 11.8 Å². The van der Waals surface area contributed by atoms with E-state index in [0.717, 1.165) is 22.9 Å². The van der Waals surface area contributed by atoms with Crippen LogP contribution in [0.1, 0.15) is 72.9 Å². The van der Waals surface area contributed by atoms with Crippen molar-refractivity contribution in [3.63, 3.8) is 0 Å². The summed E-state index contributed by atoms with van der Waals surface area (Å²) in [5.74, 6) is -13.2. The molecule has 0 saturated carbocycles. The number of carbonyl (C=O) groups is 10. The fourth-order valence-corrected chi connectivity index (χ4v) is 7.64. The SMILES string of the molecule is CSC(=O)CNC(=O)[C@@H]1Cc2ccc(OCCN)c(c2)-c2cc(ccc2OCCN)[C@H](N(C)C(=O)[C@H](CCN)NC(=O)c2cnc(-c3ccc(C(C)(C)C)cc3)nc2C)C(=O)N[C@@H](C)C(=O)N1.O=C(O)C(F)(F)F.O=C(O)C(F)(F)F.O=C(O)C(F)(F)F.O=C(O)C(F)(F)F. The summed E-state index contributed by atoms with van der Waals surface area (Å²) in [5, 5.41) is 39.0. The van der Waals surface area contributed by atoms with E-state index in [2.05, 4.69) is 52.0 Å². The molecule has 0 spiro atoms. The first-order valence-corrected chi connectivity index (χ1v) is 28.2. The van der Waals surface area contributed by atoms with Crippen LogP contribution in [0.3, 0.4) is 0 Å². The number of fused-ring (bicyclic) bond motifs is 5. The number of nitrogens with one attached hydrogen (secondary N) is 4. The summed E-state index contributed by atoms with van der Waals surface area (Å²) >= 11 is 0.949. The largest absolute Gasteiger partial charge is 0.492 e. The molecule has 5 rings (SSSR count). The van der Waals surface area contributed by atoms with Crippen LogP contribution in [-0.2, 0) is 55.0 Å². The maximum Gasteiger partial charge on any atom is 0.490 e. The fraction of sp³-hybridized carbons (Fsp3) is 0.429. The van der Waals surface area contributed by atoms with Gasteiger partial charge in [-0.25, -0.2) is 29.1 Å². The van der Waals surface area contributed by atoms with E-state index in [1.165, 1.54) is 25.1 Å². The number of nitrogens with zero attached hydrogens (tertiary/aromatic N) is 3. The second kappa shape index (κ2) is 36.9. The lowest BCUT2D eigenvalue weighted by molar-refractivity contribution is -0.193. The Morgan fingerprint density at radius 2 is 1.16 bits per heavy atom. The number of aryl methyl sites for hydroxylation is 1. The third kappa shape index (κ3) is 28.0. The molecule has 1 aliphatic rings. The summed E-state index contributed by atoms with van der Waals surface area (Å²) in [6, 6.07) is 13.0. The molecule has 1 aromatic heterocycles. The summed E-state index contributed by atoms with van der Waals surface area (Å²) in [6.07, 6.45) is -17.3. The Labute approximate surface area is 536 Å². The lowest BCUT2D eigenvalue weighted by Crippen LogP contribution is -2.56. The number of carbonyl (C=O) groups excluding carboxylic acids is 6. The molecule has 0 aliphatic carbocycles. The number of alkyl halides is 12. The molecule has 2 heterocycles. The van der Waals surface area contributed by atoms with Crippen LogP contribution in [0.4, 0.5) is 52.7 Å². The van der Waals surface area contributed by atoms with E-state index in [0.29, 0.717) is 45.3 Å². The lowest BCUT2D eigenvalue weighted by atomic mass is 9.87. The number of likely N-dealkylation sites (N-methyl/N-ethyl adjacent to an activating group) is 1. The Morgan fingerprint density at radius 3 is 1.58 bits per heavy atom. The molecular formula is C56H66F12N10O16S. The number of hydrogen-bond donors (Lipinski definition) is 11. The highest BCUT2D eigenvalue weighted by molar-refractivity contribution is 8.13. The van der Waals surface area contributed by atoms with Crippen LogP contribution in [0.15, 0.2) is 66.9 Å². The first kappa shape index (κ1) is 83.6. The number of thioether (sulfide) groups is 1. The smallest absolute Gasteiger partial charge is 0.490 e. The summed E-state index contributed by atoms with van der Waals surface area (Å²) in [6.45, 7) is 9.86. The van der Waals surface area contributed by atoms with Crippen LogP contribution in [0, 0.1) is 6.92 Å². The molecule has 95 heavy (non-hydrogen) atoms. The molecule has 526 valence electrons. The van der Waals surface area contributed by atoms with Gasteiger partial charge in [-0.15, -0.1) is 0 Å². The zero-order valence-electron chi connectivity index (χ0n) is 51.0. The van der Waals surface area contributed by atoms with Crippen molar-refractivity contribution in [3.8, 4) is 34.0 Å². The van der Waals surface area contributed by atoms with E-state index in [9.17, 15) is 81.5 Å². The Kier molecular flexibility index (Phi) is 32.5. The number of aliphatic carboxylic acids is 4. The van der Waals surface area contributed by atoms with Crippen molar-refractivity contribution in [2.75, 3.05) is 52.7 Å². The molecule has 5 amide bonds. The molecule has 4 atom stereocenters.